The van der Waals surface area contributed by atoms with E-state index in [1.54, 1.807) is 36.6 Å². The Bertz CT molecular complexity index is 1250. The maximum absolute atomic E-state index is 13.9. The van der Waals surface area contributed by atoms with Gasteiger partial charge in [-0.1, -0.05) is 11.3 Å². The van der Waals surface area contributed by atoms with E-state index >= 15 is 0 Å². The van der Waals surface area contributed by atoms with E-state index in [1.807, 2.05) is 0 Å². The molecule has 1 aromatic carbocycles. The number of fused-ring (bicyclic) bond motifs is 1. The van der Waals surface area contributed by atoms with E-state index in [0.717, 1.165) is 12.1 Å². The van der Waals surface area contributed by atoms with Crippen LogP contribution in [0.5, 0.6) is 5.75 Å². The van der Waals surface area contributed by atoms with Crippen LogP contribution >= 0.6 is 0 Å². The van der Waals surface area contributed by atoms with Crippen LogP contribution in [0.15, 0.2) is 36.5 Å². The highest BCUT2D eigenvalue weighted by molar-refractivity contribution is 5.97. The van der Waals surface area contributed by atoms with Crippen molar-refractivity contribution < 1.29 is 23.4 Å². The van der Waals surface area contributed by atoms with Crippen molar-refractivity contribution in [1.82, 2.24) is 30.0 Å². The largest absolute Gasteiger partial charge is 0.485 e. The molecule has 0 fully saturated rings. The van der Waals surface area contributed by atoms with Crippen molar-refractivity contribution in [3.8, 4) is 5.75 Å². The highest BCUT2D eigenvalue weighted by atomic mass is 19.1. The van der Waals surface area contributed by atoms with Crippen molar-refractivity contribution in [1.29, 1.82) is 0 Å². The number of benzene rings is 1. The summed E-state index contributed by atoms with van der Waals surface area (Å²) in [6, 6.07) is 6.83. The maximum atomic E-state index is 13.9. The molecule has 0 spiro atoms. The fourth-order valence-corrected chi connectivity index (χ4v) is 3.49. The Kier molecular flexibility index (Phi) is 5.66. The molecule has 11 heteroatoms. The monoisotopic (exact) mass is 442 g/mol. The first-order valence-corrected chi connectivity index (χ1v) is 9.75. The predicted octanol–water partition coefficient (Wildman–Crippen LogP) is 2.54. The molecule has 0 aliphatic carbocycles. The molecule has 0 amide bonds. The maximum Gasteiger partial charge on any atom is 0.183 e. The predicted molar refractivity (Wildman–Crippen MR) is 108 cm³/mol. The van der Waals surface area contributed by atoms with E-state index in [0.29, 0.717) is 17.0 Å². The Morgan fingerprint density at radius 3 is 2.66 bits per heavy atom. The molecule has 1 unspecified atom stereocenters. The molecule has 166 valence electrons. The molecule has 4 rings (SSSR count). The molecule has 0 bridgehead atoms. The molecular formula is C21H20F2N6O3. The smallest absolute Gasteiger partial charge is 0.183 e. The summed E-state index contributed by atoms with van der Waals surface area (Å²) in [7, 11) is 0. The summed E-state index contributed by atoms with van der Waals surface area (Å²) in [6.45, 7) is 2.63. The number of hydrogen-bond acceptors (Lipinski definition) is 7. The molecule has 4 aromatic rings. The fourth-order valence-electron chi connectivity index (χ4n) is 3.49. The van der Waals surface area contributed by atoms with Gasteiger partial charge in [0, 0.05) is 12.6 Å². The molecule has 2 N–H and O–H groups in total. The Balaban J connectivity index is 1.64. The van der Waals surface area contributed by atoms with Gasteiger partial charge in [-0.15, -0.1) is 10.2 Å². The third kappa shape index (κ3) is 3.82. The second-order valence-corrected chi connectivity index (χ2v) is 7.65. The van der Waals surface area contributed by atoms with Gasteiger partial charge in [0.05, 0.1) is 23.3 Å². The number of aromatic amines is 1. The van der Waals surface area contributed by atoms with Crippen LogP contribution in [0.3, 0.4) is 0 Å². The average Bonchev–Trinajstić information content (AvgIpc) is 3.41. The summed E-state index contributed by atoms with van der Waals surface area (Å²) in [4.78, 5) is 17.6. The lowest BCUT2D eigenvalue weighted by Crippen LogP contribution is -2.32. The summed E-state index contributed by atoms with van der Waals surface area (Å²) < 4.78 is 35.1. The highest BCUT2D eigenvalue weighted by Gasteiger charge is 2.35. The van der Waals surface area contributed by atoms with Gasteiger partial charge in [-0.2, -0.15) is 5.21 Å². The van der Waals surface area contributed by atoms with E-state index in [1.165, 1.54) is 6.07 Å². The van der Waals surface area contributed by atoms with E-state index in [-0.39, 0.29) is 42.6 Å². The lowest BCUT2D eigenvalue weighted by Gasteiger charge is -2.22. The van der Waals surface area contributed by atoms with Gasteiger partial charge < -0.3 is 9.84 Å². The average molecular weight is 442 g/mol. The van der Waals surface area contributed by atoms with Gasteiger partial charge >= 0.3 is 0 Å². The number of nitrogens with zero attached hydrogens (tertiary/aromatic N) is 5. The molecule has 32 heavy (non-hydrogen) atoms. The first-order chi connectivity index (χ1) is 15.3. The number of imidazole rings is 1. The summed E-state index contributed by atoms with van der Waals surface area (Å²) in [5, 5.41) is 23.5. The van der Waals surface area contributed by atoms with Crippen LogP contribution in [-0.4, -0.2) is 47.5 Å². The van der Waals surface area contributed by atoms with Crippen LogP contribution < -0.4 is 4.74 Å². The lowest BCUT2D eigenvalue weighted by atomic mass is 9.84. The topological polar surface area (TPSA) is 118 Å². The number of pyridine rings is 1. The molecule has 0 aliphatic rings. The molecule has 1 atom stereocenters. The van der Waals surface area contributed by atoms with Gasteiger partial charge in [-0.25, -0.2) is 13.8 Å². The van der Waals surface area contributed by atoms with Gasteiger partial charge in [0.25, 0.3) is 0 Å². The van der Waals surface area contributed by atoms with Crippen molar-refractivity contribution in [3.63, 3.8) is 0 Å². The number of Topliss-reactive ketones (excluding diaryl/α,β-unsaturated/α-hetero) is 1. The second kappa shape index (κ2) is 8.42. The molecule has 0 saturated carbocycles. The second-order valence-electron chi connectivity index (χ2n) is 7.65. The Hall–Kier alpha value is -3.73. The number of rotatable bonds is 8. The number of aryl methyl sites for hydroxylation is 1. The van der Waals surface area contributed by atoms with Gasteiger partial charge in [-0.05, 0) is 38.1 Å². The summed E-state index contributed by atoms with van der Waals surface area (Å²) >= 11 is 0. The number of halogens is 2. The summed E-state index contributed by atoms with van der Waals surface area (Å²) in [5.41, 5.74) is -0.178. The SMILES string of the molecule is Cc1nc2c(OCc3c(F)cccc3F)cccn2c1C(=O)CC(C)(CO)c1nn[nH]n1. The molecule has 0 aliphatic heterocycles. The number of hydrogen-bond donors (Lipinski definition) is 2. The third-order valence-electron chi connectivity index (χ3n) is 5.27. The first kappa shape index (κ1) is 21.5. The number of ether oxygens (including phenoxy) is 1. The van der Waals surface area contributed by atoms with E-state index in [9.17, 15) is 18.7 Å². The highest BCUT2D eigenvalue weighted by Crippen LogP contribution is 2.29. The van der Waals surface area contributed by atoms with Crippen LogP contribution in [0.1, 0.15) is 40.9 Å². The van der Waals surface area contributed by atoms with Gasteiger partial charge in [-0.3, -0.25) is 9.20 Å². The molecular weight excluding hydrogens is 422 g/mol. The van der Waals surface area contributed by atoms with Crippen molar-refractivity contribution in [2.45, 2.75) is 32.3 Å². The van der Waals surface area contributed by atoms with Crippen molar-refractivity contribution in [3.05, 3.63) is 70.9 Å². The molecule has 9 nitrogen and oxygen atoms in total. The van der Waals surface area contributed by atoms with Crippen molar-refractivity contribution in [2.75, 3.05) is 6.61 Å². The third-order valence-corrected chi connectivity index (χ3v) is 5.27. The standard InChI is InChI=1S/C21H20F2N6O3/c1-12-18(16(31)9-21(2,11-30)20-25-27-28-26-20)29-8-4-7-17(19(29)24-12)32-10-13-14(22)5-3-6-15(13)23/h3-8,30H,9-11H2,1-2H3,(H,25,26,27,28). The minimum absolute atomic E-state index is 0.0941. The number of H-pyrrole nitrogens is 1. The van der Waals surface area contributed by atoms with Crippen molar-refractivity contribution >= 4 is 11.4 Å². The molecule has 0 radical (unpaired) electrons. The number of carbonyl (C=O) groups excluding carboxylic acids is 1. The van der Waals surface area contributed by atoms with Gasteiger partial charge in [0.15, 0.2) is 23.0 Å². The van der Waals surface area contributed by atoms with Crippen LogP contribution in [0.25, 0.3) is 5.65 Å². The number of carbonyl (C=O) groups is 1. The van der Waals surface area contributed by atoms with Crippen LogP contribution in [0.4, 0.5) is 8.78 Å². The lowest BCUT2D eigenvalue weighted by molar-refractivity contribution is 0.0906. The normalized spacial score (nSPS) is 13.3. The summed E-state index contributed by atoms with van der Waals surface area (Å²) in [6.07, 6.45) is 1.55. The van der Waals surface area contributed by atoms with E-state index in [4.69, 9.17) is 4.74 Å². The zero-order chi connectivity index (χ0) is 22.9. The number of tetrazole rings is 1. The quantitative estimate of drug-likeness (QED) is 0.403. The van der Waals surface area contributed by atoms with Gasteiger partial charge in [0.2, 0.25) is 0 Å². The Labute approximate surface area is 181 Å². The molecule has 0 saturated heterocycles. The van der Waals surface area contributed by atoms with Crippen LogP contribution in [0, 0.1) is 18.6 Å². The van der Waals surface area contributed by atoms with Gasteiger partial charge in [0.1, 0.15) is 23.9 Å². The van der Waals surface area contributed by atoms with E-state index in [2.05, 4.69) is 25.6 Å². The van der Waals surface area contributed by atoms with Crippen LogP contribution in [0.2, 0.25) is 0 Å². The number of ketones is 1. The summed E-state index contributed by atoms with van der Waals surface area (Å²) in [5.74, 6) is -1.24. The Morgan fingerprint density at radius 1 is 1.25 bits per heavy atom. The fraction of sp³-hybridized carbons (Fsp3) is 0.286. The van der Waals surface area contributed by atoms with Crippen molar-refractivity contribution in [2.24, 2.45) is 0 Å². The Morgan fingerprint density at radius 2 is 2.00 bits per heavy atom. The molecule has 3 heterocycles. The number of nitrogens with one attached hydrogen (secondary N) is 1. The first-order valence-electron chi connectivity index (χ1n) is 9.75. The zero-order valence-electron chi connectivity index (χ0n) is 17.3. The van der Waals surface area contributed by atoms with E-state index < -0.39 is 17.0 Å². The number of aromatic nitrogens is 6. The zero-order valence-corrected chi connectivity index (χ0v) is 17.3. The number of aliphatic hydroxyl groups is 1. The minimum Gasteiger partial charge on any atom is -0.485 e. The molecule has 3 aromatic heterocycles. The minimum atomic E-state index is -1.04. The van der Waals surface area contributed by atoms with Crippen LogP contribution in [-0.2, 0) is 12.0 Å². The number of aliphatic hydroxyl groups excluding tert-OH is 1.